The highest BCUT2D eigenvalue weighted by molar-refractivity contribution is 5.82. The largest absolute Gasteiger partial charge is 0.339 e. The Kier molecular flexibility index (Phi) is 3.53. The Morgan fingerprint density at radius 3 is 2.64 bits per heavy atom. The molecule has 0 saturated carbocycles. The number of nitrogens with zero attached hydrogens (tertiary/aromatic N) is 1. The Balaban J connectivity index is 2.67. The second kappa shape index (κ2) is 4.30. The molecule has 0 aromatic heterocycles. The van der Waals surface area contributed by atoms with Crippen molar-refractivity contribution in [3.05, 3.63) is 0 Å². The third kappa shape index (κ3) is 2.27. The molecular weight excluding hydrogens is 176 g/mol. The van der Waals surface area contributed by atoms with Crippen molar-refractivity contribution < 1.29 is 4.79 Å². The van der Waals surface area contributed by atoms with Crippen LogP contribution >= 0.6 is 0 Å². The molecule has 0 aromatic rings. The fourth-order valence-corrected chi connectivity index (χ4v) is 1.88. The van der Waals surface area contributed by atoms with Crippen molar-refractivity contribution in [1.29, 1.82) is 0 Å². The van der Waals surface area contributed by atoms with Crippen molar-refractivity contribution in [2.45, 2.75) is 46.1 Å². The molecule has 1 unspecified atom stereocenters. The van der Waals surface area contributed by atoms with E-state index in [1.54, 1.807) is 0 Å². The Bertz CT molecular complexity index is 213. The van der Waals surface area contributed by atoms with Crippen molar-refractivity contribution in [1.82, 2.24) is 4.90 Å². The summed E-state index contributed by atoms with van der Waals surface area (Å²) in [5.74, 6) is 0.215. The molecule has 0 aromatic carbocycles. The van der Waals surface area contributed by atoms with Crippen LogP contribution < -0.4 is 5.73 Å². The normalized spacial score (nSPS) is 23.7. The van der Waals surface area contributed by atoms with Gasteiger partial charge in [0.1, 0.15) is 0 Å². The van der Waals surface area contributed by atoms with Crippen molar-refractivity contribution in [2.24, 2.45) is 11.1 Å². The van der Waals surface area contributed by atoms with Crippen LogP contribution in [-0.4, -0.2) is 29.9 Å². The Morgan fingerprint density at radius 1 is 1.50 bits per heavy atom. The summed E-state index contributed by atoms with van der Waals surface area (Å²) in [7, 11) is 0. The van der Waals surface area contributed by atoms with Crippen LogP contribution in [0, 0.1) is 5.41 Å². The molecule has 3 heteroatoms. The quantitative estimate of drug-likeness (QED) is 0.728. The van der Waals surface area contributed by atoms with E-state index in [-0.39, 0.29) is 5.91 Å². The van der Waals surface area contributed by atoms with E-state index in [2.05, 4.69) is 6.92 Å². The maximum atomic E-state index is 12.1. The summed E-state index contributed by atoms with van der Waals surface area (Å²) in [6.45, 7) is 7.31. The van der Waals surface area contributed by atoms with Crippen molar-refractivity contribution in [2.75, 3.05) is 13.1 Å². The first-order chi connectivity index (χ1) is 6.49. The second-order valence-electron chi connectivity index (χ2n) is 4.93. The molecule has 0 aliphatic carbocycles. The number of hydrogen-bond acceptors (Lipinski definition) is 2. The highest BCUT2D eigenvalue weighted by atomic mass is 16.2. The van der Waals surface area contributed by atoms with E-state index in [0.717, 1.165) is 19.4 Å². The number of rotatable bonds is 2. The smallest absolute Gasteiger partial charge is 0.229 e. The molecule has 82 valence electrons. The van der Waals surface area contributed by atoms with Crippen LogP contribution in [0.3, 0.4) is 0 Å². The van der Waals surface area contributed by atoms with Crippen LogP contribution in [0.15, 0.2) is 0 Å². The molecular formula is C11H22N2O. The van der Waals surface area contributed by atoms with Crippen molar-refractivity contribution in [3.63, 3.8) is 0 Å². The summed E-state index contributed by atoms with van der Waals surface area (Å²) in [5, 5.41) is 0. The molecule has 1 fully saturated rings. The Hall–Kier alpha value is -0.570. The highest BCUT2D eigenvalue weighted by Crippen LogP contribution is 2.24. The van der Waals surface area contributed by atoms with E-state index < -0.39 is 5.41 Å². The molecule has 1 amide bonds. The average Bonchev–Trinajstić information content (AvgIpc) is 2.17. The van der Waals surface area contributed by atoms with Gasteiger partial charge in [0, 0.05) is 19.1 Å². The van der Waals surface area contributed by atoms with Crippen molar-refractivity contribution >= 4 is 5.91 Å². The number of likely N-dealkylation sites (tertiary alicyclic amines) is 1. The lowest BCUT2D eigenvalue weighted by molar-refractivity contribution is -0.143. The highest BCUT2D eigenvalue weighted by Gasteiger charge is 2.33. The summed E-state index contributed by atoms with van der Waals surface area (Å²) >= 11 is 0. The zero-order valence-electron chi connectivity index (χ0n) is 9.55. The Labute approximate surface area is 86.6 Å². The van der Waals surface area contributed by atoms with E-state index in [4.69, 9.17) is 5.73 Å². The fraction of sp³-hybridized carbons (Fsp3) is 0.909. The van der Waals surface area contributed by atoms with Crippen LogP contribution in [0.2, 0.25) is 0 Å². The van der Waals surface area contributed by atoms with E-state index in [1.807, 2.05) is 18.7 Å². The molecule has 0 spiro atoms. The van der Waals surface area contributed by atoms with Crippen LogP contribution in [-0.2, 0) is 4.79 Å². The lowest BCUT2D eigenvalue weighted by atomic mass is 9.89. The Morgan fingerprint density at radius 2 is 2.14 bits per heavy atom. The zero-order valence-corrected chi connectivity index (χ0v) is 9.55. The van der Waals surface area contributed by atoms with Gasteiger partial charge in [0.2, 0.25) is 5.91 Å². The van der Waals surface area contributed by atoms with E-state index >= 15 is 0 Å². The topological polar surface area (TPSA) is 46.3 Å². The van der Waals surface area contributed by atoms with Gasteiger partial charge in [-0.05, 0) is 40.0 Å². The van der Waals surface area contributed by atoms with Gasteiger partial charge >= 0.3 is 0 Å². The standard InChI is InChI=1S/C11H22N2O/c1-9-6-4-5-7-13(9)10(14)11(2,3)8-12/h9H,4-8,12H2,1-3H3. The first-order valence-electron chi connectivity index (χ1n) is 5.50. The summed E-state index contributed by atoms with van der Waals surface area (Å²) in [5.41, 5.74) is 5.21. The van der Waals surface area contributed by atoms with E-state index in [9.17, 15) is 4.79 Å². The monoisotopic (exact) mass is 198 g/mol. The van der Waals surface area contributed by atoms with Gasteiger partial charge in [0.15, 0.2) is 0 Å². The molecule has 14 heavy (non-hydrogen) atoms. The molecule has 1 aliphatic heterocycles. The predicted molar refractivity (Wildman–Crippen MR) is 57.9 cm³/mol. The maximum absolute atomic E-state index is 12.1. The molecule has 0 bridgehead atoms. The minimum Gasteiger partial charge on any atom is -0.339 e. The van der Waals surface area contributed by atoms with E-state index in [1.165, 1.54) is 6.42 Å². The number of amides is 1. The third-order valence-electron chi connectivity index (χ3n) is 3.15. The first kappa shape index (κ1) is 11.5. The van der Waals surface area contributed by atoms with Gasteiger partial charge in [-0.2, -0.15) is 0 Å². The van der Waals surface area contributed by atoms with Crippen molar-refractivity contribution in [3.8, 4) is 0 Å². The van der Waals surface area contributed by atoms with Crippen LogP contribution in [0.4, 0.5) is 0 Å². The maximum Gasteiger partial charge on any atom is 0.229 e. The lowest BCUT2D eigenvalue weighted by Crippen LogP contribution is -2.50. The zero-order chi connectivity index (χ0) is 10.8. The van der Waals surface area contributed by atoms with Gasteiger partial charge in [-0.3, -0.25) is 4.79 Å². The van der Waals surface area contributed by atoms with Gasteiger partial charge in [-0.1, -0.05) is 0 Å². The van der Waals surface area contributed by atoms with E-state index in [0.29, 0.717) is 12.6 Å². The number of nitrogens with two attached hydrogens (primary N) is 1. The SMILES string of the molecule is CC1CCCCN1C(=O)C(C)(C)CN. The molecule has 1 rings (SSSR count). The molecule has 0 radical (unpaired) electrons. The van der Waals surface area contributed by atoms with Crippen LogP contribution in [0.1, 0.15) is 40.0 Å². The number of carbonyl (C=O) groups is 1. The lowest BCUT2D eigenvalue weighted by Gasteiger charge is -2.38. The number of piperidine rings is 1. The predicted octanol–water partition coefficient (Wildman–Crippen LogP) is 1.37. The fourth-order valence-electron chi connectivity index (χ4n) is 1.88. The van der Waals surface area contributed by atoms with Gasteiger partial charge < -0.3 is 10.6 Å². The van der Waals surface area contributed by atoms with Crippen LogP contribution in [0.5, 0.6) is 0 Å². The average molecular weight is 198 g/mol. The summed E-state index contributed by atoms with van der Waals surface area (Å²) < 4.78 is 0. The molecule has 1 atom stereocenters. The number of hydrogen-bond donors (Lipinski definition) is 1. The van der Waals surface area contributed by atoms with Gasteiger partial charge in [-0.25, -0.2) is 0 Å². The van der Waals surface area contributed by atoms with Gasteiger partial charge in [0.25, 0.3) is 0 Å². The summed E-state index contributed by atoms with van der Waals surface area (Å²) in [6.07, 6.45) is 3.51. The van der Waals surface area contributed by atoms with Gasteiger partial charge in [0.05, 0.1) is 5.41 Å². The first-order valence-corrected chi connectivity index (χ1v) is 5.50. The molecule has 3 nitrogen and oxygen atoms in total. The number of carbonyl (C=O) groups excluding carboxylic acids is 1. The third-order valence-corrected chi connectivity index (χ3v) is 3.15. The molecule has 1 heterocycles. The molecule has 1 saturated heterocycles. The minimum absolute atomic E-state index is 0.215. The summed E-state index contributed by atoms with van der Waals surface area (Å²) in [4.78, 5) is 14.1. The van der Waals surface area contributed by atoms with Gasteiger partial charge in [-0.15, -0.1) is 0 Å². The molecule has 1 aliphatic rings. The molecule has 2 N–H and O–H groups in total. The second-order valence-corrected chi connectivity index (χ2v) is 4.93. The summed E-state index contributed by atoms with van der Waals surface area (Å²) in [6, 6.07) is 0.391. The van der Waals surface area contributed by atoms with Crippen LogP contribution in [0.25, 0.3) is 0 Å². The minimum atomic E-state index is -0.397.